The number of pyridine rings is 1. The smallest absolute Gasteiger partial charge is 0.407 e. The summed E-state index contributed by atoms with van der Waals surface area (Å²) in [5.74, 6) is 0.396. The van der Waals surface area contributed by atoms with Crippen LogP contribution in [-0.4, -0.2) is 85.2 Å². The lowest BCUT2D eigenvalue weighted by Crippen LogP contribution is -2.55. The summed E-state index contributed by atoms with van der Waals surface area (Å²) in [5.41, 5.74) is 8.68. The third kappa shape index (κ3) is 6.18. The number of nitrogens with zero attached hydrogens (tertiary/aromatic N) is 5. The van der Waals surface area contributed by atoms with Crippen molar-refractivity contribution in [3.63, 3.8) is 0 Å². The summed E-state index contributed by atoms with van der Waals surface area (Å²) in [5, 5.41) is 27.4. The quantitative estimate of drug-likeness (QED) is 0.154. The highest BCUT2D eigenvalue weighted by atomic mass is 19.1. The summed E-state index contributed by atoms with van der Waals surface area (Å²) in [6.45, 7) is 6.46. The molecule has 2 amide bonds. The van der Waals surface area contributed by atoms with E-state index in [0.29, 0.717) is 17.2 Å². The molecule has 3 aliphatic rings. The van der Waals surface area contributed by atoms with Gasteiger partial charge in [0.1, 0.15) is 23.1 Å². The number of carbonyl (C=O) groups excluding carboxylic acids is 1. The topological polar surface area (TPSA) is 113 Å². The molecular weight excluding hydrogens is 710 g/mol. The zero-order valence-corrected chi connectivity index (χ0v) is 32.1. The summed E-state index contributed by atoms with van der Waals surface area (Å²) in [6, 6.07) is 25.2. The lowest BCUT2D eigenvalue weighted by Gasteiger charge is -2.40. The van der Waals surface area contributed by atoms with Gasteiger partial charge in [-0.2, -0.15) is 5.10 Å². The number of hydrogen-bond acceptors (Lipinski definition) is 5. The van der Waals surface area contributed by atoms with Crippen molar-refractivity contribution in [1.29, 1.82) is 0 Å². The molecule has 0 radical (unpaired) electrons. The number of ether oxygens (including phenoxy) is 1. The maximum Gasteiger partial charge on any atom is 0.407 e. The third-order valence-electron chi connectivity index (χ3n) is 12.1. The van der Waals surface area contributed by atoms with E-state index in [1.54, 1.807) is 37.7 Å². The number of alkyl halides is 1. The van der Waals surface area contributed by atoms with E-state index in [4.69, 9.17) is 9.84 Å². The molecule has 0 bridgehead atoms. The van der Waals surface area contributed by atoms with E-state index in [9.17, 15) is 19.8 Å². The summed E-state index contributed by atoms with van der Waals surface area (Å²) in [4.78, 5) is 30.0. The number of likely N-dealkylation sites (tertiary alicyclic amines) is 1. The maximum atomic E-state index is 15.7. The lowest BCUT2D eigenvalue weighted by atomic mass is 9.94. The van der Waals surface area contributed by atoms with Gasteiger partial charge in [-0.25, -0.2) is 13.7 Å². The molecule has 1 saturated heterocycles. The highest BCUT2D eigenvalue weighted by molar-refractivity contribution is 5.96. The molecule has 6 aromatic rings. The van der Waals surface area contributed by atoms with Crippen LogP contribution in [0.5, 0.6) is 5.75 Å². The fraction of sp³-hybridized carbons (Fsp3) is 0.356. The molecule has 56 heavy (non-hydrogen) atoms. The Morgan fingerprint density at radius 3 is 2.32 bits per heavy atom. The predicted molar refractivity (Wildman–Crippen MR) is 213 cm³/mol. The van der Waals surface area contributed by atoms with Gasteiger partial charge in [0.15, 0.2) is 0 Å². The Bertz CT molecular complexity index is 2480. The first kappa shape index (κ1) is 36.0. The summed E-state index contributed by atoms with van der Waals surface area (Å²) in [6.07, 6.45) is 1.45. The van der Waals surface area contributed by atoms with Crippen molar-refractivity contribution in [3.8, 4) is 28.3 Å². The molecule has 4 heterocycles. The van der Waals surface area contributed by atoms with E-state index in [1.807, 2.05) is 55.5 Å². The van der Waals surface area contributed by atoms with Gasteiger partial charge in [0.05, 0.1) is 36.6 Å². The number of carboxylic acid groups (broad SMARTS) is 1. The first-order valence-electron chi connectivity index (χ1n) is 19.4. The summed E-state index contributed by atoms with van der Waals surface area (Å²) in [7, 11) is 1.55. The van der Waals surface area contributed by atoms with Gasteiger partial charge in [-0.15, -0.1) is 0 Å². The molecule has 1 aliphatic heterocycles. The number of amides is 2. The molecule has 10 nitrogen and oxygen atoms in total. The Morgan fingerprint density at radius 1 is 0.982 bits per heavy atom. The Morgan fingerprint density at radius 2 is 1.68 bits per heavy atom. The van der Waals surface area contributed by atoms with E-state index in [2.05, 4.69) is 28.8 Å². The SMILES string of the molecule is COc1cc(C(=O)N2C[C@H](F)C[C@@H](N(CC3c4ccccc4-c4ccccc43)C(=O)O)C2)cn2nc(-c3cc4ccc(C(C)(C)O)cc4n3CC3CC3)c(C)c12. The molecule has 2 fully saturated rings. The van der Waals surface area contributed by atoms with Crippen LogP contribution in [0.1, 0.15) is 71.6 Å². The normalized spacial score (nSPS) is 18.4. The average Bonchev–Trinajstić information content (AvgIpc) is 3.74. The number of benzene rings is 3. The van der Waals surface area contributed by atoms with Gasteiger partial charge in [0.25, 0.3) is 5.91 Å². The first-order valence-corrected chi connectivity index (χ1v) is 19.4. The van der Waals surface area contributed by atoms with Crippen molar-refractivity contribution < 1.29 is 28.9 Å². The van der Waals surface area contributed by atoms with Crippen LogP contribution in [0.3, 0.4) is 0 Å². The van der Waals surface area contributed by atoms with Gasteiger partial charge in [0, 0.05) is 54.6 Å². The molecule has 288 valence electrons. The Hall–Kier alpha value is -5.68. The molecule has 9 rings (SSSR count). The van der Waals surface area contributed by atoms with Crippen LogP contribution in [0.15, 0.2) is 85.1 Å². The van der Waals surface area contributed by atoms with E-state index >= 15 is 4.39 Å². The summed E-state index contributed by atoms with van der Waals surface area (Å²) < 4.78 is 25.5. The molecule has 2 N–H and O–H groups in total. The standard InChI is InChI=1S/C45H46FN5O5/c1-26-41(39-17-28-15-16-30(45(2,3)55)19-38(28)50(39)21-27-13-14-27)47-51-22-29(18-40(56-4)42(26)51)43(52)48-23-31(46)20-32(24-48)49(44(53)54)25-37-35-11-7-5-9-33(35)34-10-6-8-12-36(34)37/h5-12,15-19,22,27,31-32,37,55H,13-14,20-21,23-25H2,1-4H3,(H,53,54)/t31-,32-/m1/s1. The Balaban J connectivity index is 1.04. The van der Waals surface area contributed by atoms with Crippen LogP contribution in [0.4, 0.5) is 9.18 Å². The number of fused-ring (bicyclic) bond motifs is 5. The van der Waals surface area contributed by atoms with Crippen molar-refractivity contribution >= 4 is 28.4 Å². The molecule has 3 aromatic carbocycles. The van der Waals surface area contributed by atoms with Gasteiger partial charge in [-0.05, 0) is 85.5 Å². The number of carbonyl (C=O) groups is 2. The number of rotatable bonds is 9. The van der Waals surface area contributed by atoms with E-state index < -0.39 is 29.8 Å². The molecule has 0 spiro atoms. The molecule has 1 saturated carbocycles. The number of aliphatic hydroxyl groups is 1. The van der Waals surface area contributed by atoms with Crippen molar-refractivity contribution in [3.05, 3.63) is 113 Å². The Labute approximate surface area is 324 Å². The number of methoxy groups -OCH3 is 1. The number of aromatic nitrogens is 3. The lowest BCUT2D eigenvalue weighted by molar-refractivity contribution is 0.0369. The van der Waals surface area contributed by atoms with Gasteiger partial charge in [-0.3, -0.25) is 4.79 Å². The Kier molecular flexibility index (Phi) is 8.68. The van der Waals surface area contributed by atoms with Crippen LogP contribution in [0.25, 0.3) is 38.9 Å². The number of halogens is 1. The summed E-state index contributed by atoms with van der Waals surface area (Å²) >= 11 is 0. The minimum Gasteiger partial charge on any atom is -0.494 e. The fourth-order valence-electron chi connectivity index (χ4n) is 9.01. The molecule has 3 aromatic heterocycles. The highest BCUT2D eigenvalue weighted by Gasteiger charge is 2.39. The zero-order valence-electron chi connectivity index (χ0n) is 32.1. The molecule has 2 aliphatic carbocycles. The number of aryl methyl sites for hydroxylation is 1. The van der Waals surface area contributed by atoms with Gasteiger partial charge >= 0.3 is 6.09 Å². The predicted octanol–water partition coefficient (Wildman–Crippen LogP) is 8.26. The van der Waals surface area contributed by atoms with Crippen LogP contribution in [-0.2, 0) is 12.1 Å². The minimum atomic E-state index is -1.41. The molecule has 11 heteroatoms. The molecule has 0 unspecified atom stereocenters. The second kappa shape index (κ2) is 13.5. The second-order valence-electron chi connectivity index (χ2n) is 16.3. The van der Waals surface area contributed by atoms with E-state index in [-0.39, 0.29) is 37.5 Å². The first-order chi connectivity index (χ1) is 26.9. The van der Waals surface area contributed by atoms with E-state index in [1.165, 1.54) is 9.80 Å². The number of hydrogen-bond donors (Lipinski definition) is 2. The van der Waals surface area contributed by atoms with Crippen LogP contribution < -0.4 is 4.74 Å². The van der Waals surface area contributed by atoms with Crippen LogP contribution >= 0.6 is 0 Å². The monoisotopic (exact) mass is 755 g/mol. The van der Waals surface area contributed by atoms with Crippen molar-refractivity contribution in [2.75, 3.05) is 26.7 Å². The van der Waals surface area contributed by atoms with E-state index in [0.717, 1.165) is 75.1 Å². The fourth-order valence-corrected chi connectivity index (χ4v) is 9.01. The van der Waals surface area contributed by atoms with Crippen molar-refractivity contribution in [2.24, 2.45) is 5.92 Å². The zero-order chi connectivity index (χ0) is 39.0. The molecular formula is C45H46FN5O5. The van der Waals surface area contributed by atoms with Crippen LogP contribution in [0, 0.1) is 12.8 Å². The highest BCUT2D eigenvalue weighted by Crippen LogP contribution is 2.45. The minimum absolute atomic E-state index is 0.00229. The van der Waals surface area contributed by atoms with Crippen LogP contribution in [0.2, 0.25) is 0 Å². The van der Waals surface area contributed by atoms with Crippen molar-refractivity contribution in [2.45, 2.75) is 70.3 Å². The van der Waals surface area contributed by atoms with Gasteiger partial charge < -0.3 is 29.3 Å². The average molecular weight is 756 g/mol. The largest absolute Gasteiger partial charge is 0.494 e. The van der Waals surface area contributed by atoms with Crippen molar-refractivity contribution in [1.82, 2.24) is 24.0 Å². The van der Waals surface area contributed by atoms with Gasteiger partial charge in [-0.1, -0.05) is 60.7 Å². The van der Waals surface area contributed by atoms with Gasteiger partial charge in [0.2, 0.25) is 0 Å². The molecule has 2 atom stereocenters. The second-order valence-corrected chi connectivity index (χ2v) is 16.3. The maximum absolute atomic E-state index is 15.7. The number of piperidine rings is 1. The third-order valence-corrected chi connectivity index (χ3v) is 12.1.